The van der Waals surface area contributed by atoms with Crippen LogP contribution < -0.4 is 5.73 Å². The summed E-state index contributed by atoms with van der Waals surface area (Å²) in [6.45, 7) is 6.23. The van der Waals surface area contributed by atoms with Crippen molar-refractivity contribution in [1.29, 1.82) is 0 Å². The molecule has 0 aliphatic heterocycles. The lowest BCUT2D eigenvalue weighted by Gasteiger charge is -2.34. The highest BCUT2D eigenvalue weighted by Gasteiger charge is 2.30. The van der Waals surface area contributed by atoms with Crippen LogP contribution in [-0.2, 0) is 11.2 Å². The Hall–Kier alpha value is -0.640. The summed E-state index contributed by atoms with van der Waals surface area (Å²) in [4.78, 5) is 0. The maximum atomic E-state index is 13.0. The van der Waals surface area contributed by atoms with Gasteiger partial charge in [-0.3, -0.25) is 0 Å². The third-order valence-corrected chi connectivity index (χ3v) is 3.32. The van der Waals surface area contributed by atoms with Gasteiger partial charge in [0.1, 0.15) is 5.82 Å². The monoisotopic (exact) mass is 273 g/mol. The number of methoxy groups -OCH3 is 1. The molecule has 0 radical (unpaired) electrons. The lowest BCUT2D eigenvalue weighted by molar-refractivity contribution is -0.00165. The van der Waals surface area contributed by atoms with Crippen LogP contribution in [-0.4, -0.2) is 19.3 Å². The van der Waals surface area contributed by atoms with Crippen molar-refractivity contribution in [3.63, 3.8) is 0 Å². The predicted molar refractivity (Wildman–Crippen MR) is 73.3 cm³/mol. The minimum Gasteiger partial charge on any atom is -0.379 e. The molecule has 0 aliphatic carbocycles. The van der Waals surface area contributed by atoms with E-state index >= 15 is 0 Å². The van der Waals surface area contributed by atoms with E-state index in [0.717, 1.165) is 5.56 Å². The molecule has 0 aromatic heterocycles. The molecule has 0 spiro atoms. The molecule has 4 heteroatoms. The molecule has 2 atom stereocenters. The normalized spacial score (nSPS) is 15.5. The van der Waals surface area contributed by atoms with Crippen LogP contribution in [0.5, 0.6) is 0 Å². The fourth-order valence-corrected chi connectivity index (χ4v) is 2.46. The first kappa shape index (κ1) is 15.4. The molecular weight excluding hydrogens is 253 g/mol. The van der Waals surface area contributed by atoms with E-state index < -0.39 is 0 Å². The first-order valence-electron chi connectivity index (χ1n) is 5.98. The van der Waals surface area contributed by atoms with Crippen molar-refractivity contribution in [2.75, 3.05) is 7.11 Å². The number of ether oxygens (including phenoxy) is 1. The number of nitrogens with two attached hydrogens (primary N) is 1. The molecule has 2 unspecified atom stereocenters. The van der Waals surface area contributed by atoms with Crippen LogP contribution in [0, 0.1) is 11.2 Å². The first-order valence-corrected chi connectivity index (χ1v) is 6.36. The molecule has 0 heterocycles. The second-order valence-electron chi connectivity index (χ2n) is 5.63. The maximum absolute atomic E-state index is 13.0. The summed E-state index contributed by atoms with van der Waals surface area (Å²) in [7, 11) is 1.65. The van der Waals surface area contributed by atoms with Crippen LogP contribution in [0.25, 0.3) is 0 Å². The Morgan fingerprint density at radius 2 is 2.00 bits per heavy atom. The number of rotatable bonds is 4. The van der Waals surface area contributed by atoms with E-state index in [0.29, 0.717) is 11.4 Å². The van der Waals surface area contributed by atoms with E-state index in [4.69, 9.17) is 22.1 Å². The molecule has 0 aliphatic rings. The fourth-order valence-electron chi connectivity index (χ4n) is 2.22. The van der Waals surface area contributed by atoms with E-state index in [1.165, 1.54) is 12.1 Å². The van der Waals surface area contributed by atoms with Crippen molar-refractivity contribution in [3.05, 3.63) is 34.6 Å². The quantitative estimate of drug-likeness (QED) is 0.912. The van der Waals surface area contributed by atoms with Crippen molar-refractivity contribution in [2.24, 2.45) is 11.1 Å². The molecule has 1 aromatic rings. The predicted octanol–water partition coefficient (Wildman–Crippen LogP) is 3.41. The Balaban J connectivity index is 2.83. The first-order chi connectivity index (χ1) is 8.25. The molecule has 1 rings (SSSR count). The van der Waals surface area contributed by atoms with Crippen molar-refractivity contribution < 1.29 is 9.13 Å². The Morgan fingerprint density at radius 3 is 2.44 bits per heavy atom. The Bertz CT molecular complexity index is 403. The van der Waals surface area contributed by atoms with E-state index in [2.05, 4.69) is 20.8 Å². The number of benzene rings is 1. The van der Waals surface area contributed by atoms with Crippen molar-refractivity contribution in [2.45, 2.75) is 39.3 Å². The van der Waals surface area contributed by atoms with Gasteiger partial charge in [0.2, 0.25) is 0 Å². The van der Waals surface area contributed by atoms with Crippen molar-refractivity contribution in [3.8, 4) is 0 Å². The highest BCUT2D eigenvalue weighted by molar-refractivity contribution is 6.31. The van der Waals surface area contributed by atoms with Gasteiger partial charge >= 0.3 is 0 Å². The largest absolute Gasteiger partial charge is 0.379 e. The van der Waals surface area contributed by atoms with Gasteiger partial charge in [-0.25, -0.2) is 4.39 Å². The van der Waals surface area contributed by atoms with Crippen LogP contribution in [0.4, 0.5) is 4.39 Å². The van der Waals surface area contributed by atoms with E-state index in [9.17, 15) is 4.39 Å². The molecule has 0 saturated carbocycles. The minimum atomic E-state index is -0.337. The maximum Gasteiger partial charge on any atom is 0.124 e. The topological polar surface area (TPSA) is 35.2 Å². The van der Waals surface area contributed by atoms with Gasteiger partial charge in [-0.15, -0.1) is 0 Å². The molecule has 18 heavy (non-hydrogen) atoms. The third kappa shape index (κ3) is 3.94. The Kier molecular flexibility index (Phi) is 5.14. The number of hydrogen-bond donors (Lipinski definition) is 1. The summed E-state index contributed by atoms with van der Waals surface area (Å²) in [5.74, 6) is -0.337. The van der Waals surface area contributed by atoms with E-state index in [1.54, 1.807) is 13.2 Å². The summed E-state index contributed by atoms with van der Waals surface area (Å²) in [6.07, 6.45) is 0.480. The molecule has 0 saturated heterocycles. The standard InChI is InChI=1S/C14H21ClFNO/c1-14(2,3)13(18-4)12(17)7-9-5-6-10(16)8-11(9)15/h5-6,8,12-13H,7,17H2,1-4H3. The summed E-state index contributed by atoms with van der Waals surface area (Å²) in [5.41, 5.74) is 6.97. The average molecular weight is 274 g/mol. The van der Waals surface area contributed by atoms with E-state index in [-0.39, 0.29) is 23.4 Å². The van der Waals surface area contributed by atoms with Gasteiger partial charge in [-0.2, -0.15) is 0 Å². The van der Waals surface area contributed by atoms with Gasteiger partial charge in [0, 0.05) is 18.2 Å². The summed E-state index contributed by atoms with van der Waals surface area (Å²) in [5, 5.41) is 0.411. The minimum absolute atomic E-state index is 0.0549. The zero-order chi connectivity index (χ0) is 13.9. The zero-order valence-electron chi connectivity index (χ0n) is 11.3. The summed E-state index contributed by atoms with van der Waals surface area (Å²) < 4.78 is 18.4. The number of halogens is 2. The van der Waals surface area contributed by atoms with Crippen LogP contribution in [0.15, 0.2) is 18.2 Å². The molecule has 102 valence electrons. The molecule has 2 N–H and O–H groups in total. The molecule has 0 bridgehead atoms. The molecule has 2 nitrogen and oxygen atoms in total. The van der Waals surface area contributed by atoms with E-state index in [1.807, 2.05) is 0 Å². The van der Waals surface area contributed by atoms with Gasteiger partial charge in [-0.1, -0.05) is 38.4 Å². The van der Waals surface area contributed by atoms with Gasteiger partial charge in [0.25, 0.3) is 0 Å². The van der Waals surface area contributed by atoms with Gasteiger partial charge in [-0.05, 0) is 29.5 Å². The van der Waals surface area contributed by atoms with Crippen molar-refractivity contribution >= 4 is 11.6 Å². The SMILES string of the molecule is COC(C(N)Cc1ccc(F)cc1Cl)C(C)(C)C. The lowest BCUT2D eigenvalue weighted by Crippen LogP contribution is -2.46. The van der Waals surface area contributed by atoms with Crippen LogP contribution in [0.2, 0.25) is 5.02 Å². The highest BCUT2D eigenvalue weighted by atomic mass is 35.5. The smallest absolute Gasteiger partial charge is 0.124 e. The van der Waals surface area contributed by atoms with Gasteiger partial charge < -0.3 is 10.5 Å². The Labute approximate surface area is 113 Å². The Morgan fingerprint density at radius 1 is 1.39 bits per heavy atom. The fraction of sp³-hybridized carbons (Fsp3) is 0.571. The molecular formula is C14H21ClFNO. The van der Waals surface area contributed by atoms with Crippen LogP contribution in [0.1, 0.15) is 26.3 Å². The highest BCUT2D eigenvalue weighted by Crippen LogP contribution is 2.27. The van der Waals surface area contributed by atoms with Crippen LogP contribution in [0.3, 0.4) is 0 Å². The average Bonchev–Trinajstić information content (AvgIpc) is 2.21. The molecule has 0 amide bonds. The summed E-state index contributed by atoms with van der Waals surface area (Å²) >= 11 is 6.00. The van der Waals surface area contributed by atoms with Crippen molar-refractivity contribution in [1.82, 2.24) is 0 Å². The number of hydrogen-bond acceptors (Lipinski definition) is 2. The van der Waals surface area contributed by atoms with Crippen LogP contribution >= 0.6 is 11.6 Å². The molecule has 0 fully saturated rings. The lowest BCUT2D eigenvalue weighted by atomic mass is 9.83. The third-order valence-electron chi connectivity index (χ3n) is 2.97. The second kappa shape index (κ2) is 6.00. The summed E-state index contributed by atoms with van der Waals surface area (Å²) in [6, 6.07) is 4.19. The van der Waals surface area contributed by atoms with Gasteiger partial charge in [0.15, 0.2) is 0 Å². The molecule has 1 aromatic carbocycles. The second-order valence-corrected chi connectivity index (χ2v) is 6.03. The zero-order valence-corrected chi connectivity index (χ0v) is 12.1. The van der Waals surface area contributed by atoms with Gasteiger partial charge in [0.05, 0.1) is 6.10 Å².